The Kier molecular flexibility index (Phi) is 6.34. The second-order valence-corrected chi connectivity index (χ2v) is 8.29. The van der Waals surface area contributed by atoms with Crippen LogP contribution in [0.3, 0.4) is 0 Å². The lowest BCUT2D eigenvalue weighted by atomic mass is 10.2. The highest BCUT2D eigenvalue weighted by atomic mass is 35.5. The van der Waals surface area contributed by atoms with Crippen LogP contribution >= 0.6 is 11.6 Å². The highest BCUT2D eigenvalue weighted by Gasteiger charge is 2.23. The number of ether oxygens (including phenoxy) is 1. The van der Waals surface area contributed by atoms with Crippen LogP contribution in [0.5, 0.6) is 5.75 Å². The third kappa shape index (κ3) is 5.01. The summed E-state index contributed by atoms with van der Waals surface area (Å²) in [5.74, 6) is 0.248. The summed E-state index contributed by atoms with van der Waals surface area (Å²) >= 11 is 5.99. The van der Waals surface area contributed by atoms with Gasteiger partial charge in [0.1, 0.15) is 5.75 Å². The first-order chi connectivity index (χ1) is 11.3. The Balaban J connectivity index is 2.12. The quantitative estimate of drug-likeness (QED) is 0.795. The molecule has 0 spiro atoms. The number of amides is 1. The fourth-order valence-corrected chi connectivity index (χ4v) is 3.99. The molecule has 1 aliphatic carbocycles. The van der Waals surface area contributed by atoms with E-state index in [2.05, 4.69) is 5.32 Å². The van der Waals surface area contributed by atoms with Crippen LogP contribution in [0.4, 0.5) is 5.69 Å². The van der Waals surface area contributed by atoms with Gasteiger partial charge in [-0.1, -0.05) is 24.4 Å². The van der Waals surface area contributed by atoms with Crippen molar-refractivity contribution in [2.45, 2.75) is 38.1 Å². The van der Waals surface area contributed by atoms with Gasteiger partial charge in [-0.25, -0.2) is 8.42 Å². The molecule has 0 unspecified atom stereocenters. The number of rotatable bonds is 7. The van der Waals surface area contributed by atoms with Gasteiger partial charge in [-0.3, -0.25) is 9.10 Å². The first kappa shape index (κ1) is 18.9. The topological polar surface area (TPSA) is 75.7 Å². The van der Waals surface area contributed by atoms with Gasteiger partial charge in [0.15, 0.2) is 0 Å². The molecule has 8 heteroatoms. The van der Waals surface area contributed by atoms with E-state index in [0.717, 1.165) is 36.2 Å². The number of nitrogens with one attached hydrogen (secondary N) is 1. The van der Waals surface area contributed by atoms with Crippen molar-refractivity contribution in [3.8, 4) is 5.75 Å². The molecule has 0 atom stereocenters. The Hall–Kier alpha value is -1.47. The molecular formula is C16H23ClN2O4S. The molecule has 0 aromatic heterocycles. The number of sulfonamides is 1. The molecule has 0 heterocycles. The average molecular weight is 375 g/mol. The lowest BCUT2D eigenvalue weighted by Crippen LogP contribution is -2.37. The van der Waals surface area contributed by atoms with Gasteiger partial charge in [-0.2, -0.15) is 0 Å². The molecule has 0 saturated heterocycles. The maximum Gasteiger partial charge on any atom is 0.232 e. The molecule has 1 amide bonds. The van der Waals surface area contributed by atoms with Crippen molar-refractivity contribution >= 4 is 33.2 Å². The Morgan fingerprint density at radius 2 is 2.04 bits per heavy atom. The van der Waals surface area contributed by atoms with Gasteiger partial charge >= 0.3 is 0 Å². The van der Waals surface area contributed by atoms with E-state index in [1.54, 1.807) is 12.1 Å². The Bertz CT molecular complexity index is 687. The summed E-state index contributed by atoms with van der Waals surface area (Å²) < 4.78 is 30.7. The zero-order valence-electron chi connectivity index (χ0n) is 13.9. The zero-order valence-corrected chi connectivity index (χ0v) is 15.5. The maximum atomic E-state index is 12.2. The summed E-state index contributed by atoms with van der Waals surface area (Å²) in [6.45, 7) is 0.0358. The molecular weight excluding hydrogens is 352 g/mol. The molecule has 1 aromatic carbocycles. The maximum absolute atomic E-state index is 12.2. The van der Waals surface area contributed by atoms with E-state index in [1.807, 2.05) is 0 Å². The summed E-state index contributed by atoms with van der Waals surface area (Å²) in [7, 11) is -2.12. The molecule has 1 aliphatic rings. The van der Waals surface area contributed by atoms with E-state index in [-0.39, 0.29) is 24.9 Å². The second kappa shape index (κ2) is 8.07. The van der Waals surface area contributed by atoms with Crippen LogP contribution in [0.15, 0.2) is 18.2 Å². The van der Waals surface area contributed by atoms with E-state index < -0.39 is 10.0 Å². The largest absolute Gasteiger partial charge is 0.495 e. The molecule has 0 radical (unpaired) electrons. The second-order valence-electron chi connectivity index (χ2n) is 5.95. The minimum atomic E-state index is -3.58. The zero-order chi connectivity index (χ0) is 17.7. The fraction of sp³-hybridized carbons (Fsp3) is 0.562. The van der Waals surface area contributed by atoms with Crippen LogP contribution < -0.4 is 14.4 Å². The number of halogens is 1. The summed E-state index contributed by atoms with van der Waals surface area (Å²) in [6.07, 6.45) is 5.41. The van der Waals surface area contributed by atoms with Gasteiger partial charge < -0.3 is 10.1 Å². The van der Waals surface area contributed by atoms with Gasteiger partial charge in [0, 0.05) is 24.0 Å². The molecule has 134 valence electrons. The minimum Gasteiger partial charge on any atom is -0.495 e. The molecule has 1 saturated carbocycles. The number of hydrogen-bond acceptors (Lipinski definition) is 4. The minimum absolute atomic E-state index is 0.0358. The molecule has 1 N–H and O–H groups in total. The lowest BCUT2D eigenvalue weighted by molar-refractivity contribution is -0.121. The fourth-order valence-electron chi connectivity index (χ4n) is 2.90. The summed E-state index contributed by atoms with van der Waals surface area (Å²) in [5, 5.41) is 3.36. The van der Waals surface area contributed by atoms with Crippen molar-refractivity contribution in [3.05, 3.63) is 23.2 Å². The van der Waals surface area contributed by atoms with Gasteiger partial charge in [-0.15, -0.1) is 0 Å². The standard InChI is InChI=1S/C16H23ClN2O4S/c1-23-15-8-7-12(17)11-14(15)19(24(2,21)22)10-9-16(20)18-13-5-3-4-6-13/h7-8,11,13H,3-6,9-10H2,1-2H3,(H,18,20). The number of carbonyl (C=O) groups excluding carboxylic acids is 1. The van der Waals surface area contributed by atoms with E-state index in [9.17, 15) is 13.2 Å². The van der Waals surface area contributed by atoms with Crippen molar-refractivity contribution < 1.29 is 17.9 Å². The average Bonchev–Trinajstić information content (AvgIpc) is 2.99. The number of hydrogen-bond donors (Lipinski definition) is 1. The van der Waals surface area contributed by atoms with Crippen LogP contribution in [0.1, 0.15) is 32.1 Å². The number of carbonyl (C=O) groups is 1. The molecule has 1 aromatic rings. The first-order valence-electron chi connectivity index (χ1n) is 7.92. The molecule has 0 aliphatic heterocycles. The van der Waals surface area contributed by atoms with E-state index in [1.165, 1.54) is 13.2 Å². The molecule has 24 heavy (non-hydrogen) atoms. The van der Waals surface area contributed by atoms with Crippen molar-refractivity contribution in [1.82, 2.24) is 5.32 Å². The van der Waals surface area contributed by atoms with E-state index >= 15 is 0 Å². The summed E-state index contributed by atoms with van der Waals surface area (Å²) in [6, 6.07) is 4.96. The van der Waals surface area contributed by atoms with Crippen molar-refractivity contribution in [3.63, 3.8) is 0 Å². The number of anilines is 1. The molecule has 0 bridgehead atoms. The van der Waals surface area contributed by atoms with Crippen LogP contribution in [0.25, 0.3) is 0 Å². The Labute approximate surface area is 148 Å². The predicted molar refractivity (Wildman–Crippen MR) is 95.2 cm³/mol. The normalized spacial score (nSPS) is 15.3. The van der Waals surface area contributed by atoms with E-state index in [4.69, 9.17) is 16.3 Å². The van der Waals surface area contributed by atoms with Crippen molar-refractivity contribution in [1.29, 1.82) is 0 Å². The smallest absolute Gasteiger partial charge is 0.232 e. The number of benzene rings is 1. The van der Waals surface area contributed by atoms with Crippen molar-refractivity contribution in [2.24, 2.45) is 0 Å². The Morgan fingerprint density at radius 1 is 1.38 bits per heavy atom. The van der Waals surface area contributed by atoms with Gasteiger partial charge in [-0.05, 0) is 31.0 Å². The van der Waals surface area contributed by atoms with Crippen LogP contribution in [-0.4, -0.2) is 40.3 Å². The number of nitrogens with zero attached hydrogens (tertiary/aromatic N) is 1. The van der Waals surface area contributed by atoms with Crippen LogP contribution in [0.2, 0.25) is 5.02 Å². The predicted octanol–water partition coefficient (Wildman–Crippen LogP) is 2.56. The first-order valence-corrected chi connectivity index (χ1v) is 10.1. The number of methoxy groups -OCH3 is 1. The van der Waals surface area contributed by atoms with Gasteiger partial charge in [0.2, 0.25) is 15.9 Å². The third-order valence-electron chi connectivity index (χ3n) is 4.07. The SMILES string of the molecule is COc1ccc(Cl)cc1N(CCC(=O)NC1CCCC1)S(C)(=O)=O. The van der Waals surface area contributed by atoms with Gasteiger partial charge in [0.05, 0.1) is 19.1 Å². The lowest BCUT2D eigenvalue weighted by Gasteiger charge is -2.24. The summed E-state index contributed by atoms with van der Waals surface area (Å²) in [5.41, 5.74) is 0.334. The van der Waals surface area contributed by atoms with Crippen LogP contribution in [-0.2, 0) is 14.8 Å². The molecule has 2 rings (SSSR count). The monoisotopic (exact) mass is 374 g/mol. The molecule has 1 fully saturated rings. The summed E-state index contributed by atoms with van der Waals surface area (Å²) in [4.78, 5) is 12.1. The highest BCUT2D eigenvalue weighted by molar-refractivity contribution is 7.92. The third-order valence-corrected chi connectivity index (χ3v) is 5.49. The van der Waals surface area contributed by atoms with Crippen LogP contribution in [0, 0.1) is 0 Å². The Morgan fingerprint density at radius 3 is 2.62 bits per heavy atom. The van der Waals surface area contributed by atoms with Crippen molar-refractivity contribution in [2.75, 3.05) is 24.2 Å². The van der Waals surface area contributed by atoms with E-state index in [0.29, 0.717) is 16.5 Å². The highest BCUT2D eigenvalue weighted by Crippen LogP contribution is 2.32. The molecule has 6 nitrogen and oxygen atoms in total. The van der Waals surface area contributed by atoms with Gasteiger partial charge in [0.25, 0.3) is 0 Å².